The number of carbonyl (C=O) groups is 3. The fourth-order valence-corrected chi connectivity index (χ4v) is 3.36. The standard InChI is InChI=1S/C18H18Cl2N2O6/c1-8-12(16(23)26-2)13(9-5-4-6-10(19)15(9)20)14(17(24)27-3)11(22-8)7-28-18(21)25/h4-6,13,22H,7H2,1-3H3,(H2,21,25). The van der Waals surface area contributed by atoms with Crippen molar-refractivity contribution in [2.24, 2.45) is 5.73 Å². The molecule has 1 aromatic rings. The molecule has 1 unspecified atom stereocenters. The Kier molecular flexibility index (Phi) is 6.93. The molecule has 1 aromatic carbocycles. The number of primary amides is 1. The van der Waals surface area contributed by atoms with Crippen LogP contribution in [0, 0.1) is 0 Å². The van der Waals surface area contributed by atoms with Crippen molar-refractivity contribution in [3.63, 3.8) is 0 Å². The monoisotopic (exact) mass is 428 g/mol. The number of hydrogen-bond donors (Lipinski definition) is 2. The molecule has 0 radical (unpaired) electrons. The van der Waals surface area contributed by atoms with Crippen molar-refractivity contribution in [2.45, 2.75) is 12.8 Å². The Morgan fingerprint density at radius 1 is 1.11 bits per heavy atom. The van der Waals surface area contributed by atoms with Crippen LogP contribution in [0.2, 0.25) is 10.0 Å². The molecule has 1 amide bonds. The van der Waals surface area contributed by atoms with Crippen molar-refractivity contribution >= 4 is 41.2 Å². The summed E-state index contributed by atoms with van der Waals surface area (Å²) in [4.78, 5) is 36.2. The smallest absolute Gasteiger partial charge is 0.404 e. The summed E-state index contributed by atoms with van der Waals surface area (Å²) in [7, 11) is 2.40. The molecule has 0 aliphatic carbocycles. The number of carbonyl (C=O) groups excluding carboxylic acids is 3. The molecular weight excluding hydrogens is 411 g/mol. The summed E-state index contributed by atoms with van der Waals surface area (Å²) >= 11 is 12.5. The predicted octanol–water partition coefficient (Wildman–Crippen LogP) is 2.65. The molecule has 150 valence electrons. The van der Waals surface area contributed by atoms with Crippen molar-refractivity contribution in [1.29, 1.82) is 0 Å². The number of allylic oxidation sites excluding steroid dienone is 1. The summed E-state index contributed by atoms with van der Waals surface area (Å²) in [5, 5.41) is 3.27. The first-order chi connectivity index (χ1) is 13.2. The number of rotatable bonds is 5. The number of hydrogen-bond acceptors (Lipinski definition) is 7. The fraction of sp³-hybridized carbons (Fsp3) is 0.278. The second-order valence-corrected chi connectivity index (χ2v) is 6.51. The Morgan fingerprint density at radius 3 is 2.29 bits per heavy atom. The highest BCUT2D eigenvalue weighted by Gasteiger charge is 2.40. The molecule has 0 aromatic heterocycles. The highest BCUT2D eigenvalue weighted by atomic mass is 35.5. The van der Waals surface area contributed by atoms with Crippen molar-refractivity contribution in [1.82, 2.24) is 5.32 Å². The van der Waals surface area contributed by atoms with Crippen molar-refractivity contribution in [3.8, 4) is 0 Å². The van der Waals surface area contributed by atoms with Gasteiger partial charge in [-0.15, -0.1) is 0 Å². The average molecular weight is 429 g/mol. The van der Waals surface area contributed by atoms with Gasteiger partial charge >= 0.3 is 18.0 Å². The minimum absolute atomic E-state index is 0.0129. The maximum atomic E-state index is 12.6. The van der Waals surface area contributed by atoms with Gasteiger partial charge < -0.3 is 25.3 Å². The Labute approximate surface area is 171 Å². The first kappa shape index (κ1) is 21.6. The van der Waals surface area contributed by atoms with Gasteiger partial charge in [0.15, 0.2) is 0 Å². The molecule has 2 rings (SSSR count). The molecule has 0 fully saturated rings. The maximum absolute atomic E-state index is 12.6. The third kappa shape index (κ3) is 4.23. The van der Waals surface area contributed by atoms with Crippen molar-refractivity contribution < 1.29 is 28.6 Å². The molecule has 8 nitrogen and oxygen atoms in total. The van der Waals surface area contributed by atoms with Crippen LogP contribution >= 0.6 is 23.2 Å². The molecule has 1 aliphatic heterocycles. The molecule has 0 saturated heterocycles. The average Bonchev–Trinajstić information content (AvgIpc) is 2.66. The topological polar surface area (TPSA) is 117 Å². The summed E-state index contributed by atoms with van der Waals surface area (Å²) in [6.07, 6.45) is -1.03. The van der Waals surface area contributed by atoms with Crippen LogP contribution in [-0.2, 0) is 23.8 Å². The SMILES string of the molecule is COC(=O)C1=C(C)NC(COC(N)=O)=C(C(=O)OC)C1c1cccc(Cl)c1Cl. The third-order valence-electron chi connectivity index (χ3n) is 4.11. The molecule has 1 aliphatic rings. The Hall–Kier alpha value is -2.71. The number of dihydropyridines is 1. The lowest BCUT2D eigenvalue weighted by molar-refractivity contribution is -0.137. The quantitative estimate of drug-likeness (QED) is 0.546. The van der Waals surface area contributed by atoms with E-state index in [0.29, 0.717) is 11.3 Å². The van der Waals surface area contributed by atoms with E-state index >= 15 is 0 Å². The van der Waals surface area contributed by atoms with Crippen LogP contribution in [0.4, 0.5) is 4.79 Å². The summed E-state index contributed by atoms with van der Waals surface area (Å²) in [6, 6.07) is 4.82. The maximum Gasteiger partial charge on any atom is 0.404 e. The Morgan fingerprint density at radius 2 is 1.71 bits per heavy atom. The number of amides is 1. The van der Waals surface area contributed by atoms with E-state index in [4.69, 9.17) is 43.1 Å². The van der Waals surface area contributed by atoms with Gasteiger partial charge in [-0.3, -0.25) is 0 Å². The number of ether oxygens (including phenoxy) is 3. The fourth-order valence-electron chi connectivity index (χ4n) is 2.94. The molecule has 3 N–H and O–H groups in total. The minimum atomic E-state index is -1.03. The molecule has 28 heavy (non-hydrogen) atoms. The van der Waals surface area contributed by atoms with E-state index < -0.39 is 23.9 Å². The van der Waals surface area contributed by atoms with E-state index in [0.717, 1.165) is 0 Å². The normalized spacial score (nSPS) is 16.4. The molecule has 0 bridgehead atoms. The first-order valence-electron chi connectivity index (χ1n) is 7.96. The van der Waals surface area contributed by atoms with Gasteiger partial charge in [-0.25, -0.2) is 14.4 Å². The molecule has 1 heterocycles. The van der Waals surface area contributed by atoms with E-state index in [1.807, 2.05) is 0 Å². The van der Waals surface area contributed by atoms with Gasteiger partial charge in [0, 0.05) is 5.70 Å². The Bertz CT molecular complexity index is 894. The van der Waals surface area contributed by atoms with Crippen molar-refractivity contribution in [2.75, 3.05) is 20.8 Å². The van der Waals surface area contributed by atoms with Gasteiger partial charge in [0.05, 0.1) is 47.0 Å². The zero-order valence-electron chi connectivity index (χ0n) is 15.3. The number of benzene rings is 1. The largest absolute Gasteiger partial charge is 0.466 e. The summed E-state index contributed by atoms with van der Waals surface area (Å²) in [5.41, 5.74) is 6.13. The van der Waals surface area contributed by atoms with Crippen LogP contribution in [0.5, 0.6) is 0 Å². The molecule has 10 heteroatoms. The van der Waals surface area contributed by atoms with Gasteiger partial charge in [0.2, 0.25) is 0 Å². The lowest BCUT2D eigenvalue weighted by Gasteiger charge is -2.31. The highest BCUT2D eigenvalue weighted by Crippen LogP contribution is 2.43. The number of nitrogens with one attached hydrogen (secondary N) is 1. The third-order valence-corrected chi connectivity index (χ3v) is 4.94. The lowest BCUT2D eigenvalue weighted by Crippen LogP contribution is -2.35. The van der Waals surface area contributed by atoms with E-state index in [2.05, 4.69) is 5.32 Å². The second-order valence-electron chi connectivity index (χ2n) is 5.72. The summed E-state index contributed by atoms with van der Waals surface area (Å²) in [5.74, 6) is -2.41. The molecule has 1 atom stereocenters. The predicted molar refractivity (Wildman–Crippen MR) is 102 cm³/mol. The van der Waals surface area contributed by atoms with E-state index in [1.54, 1.807) is 25.1 Å². The van der Waals surface area contributed by atoms with Gasteiger partial charge in [0.1, 0.15) is 6.61 Å². The molecule has 0 spiro atoms. The zero-order chi connectivity index (χ0) is 21.0. The first-order valence-corrected chi connectivity index (χ1v) is 8.72. The van der Waals surface area contributed by atoms with Crippen LogP contribution in [0.15, 0.2) is 40.7 Å². The van der Waals surface area contributed by atoms with Crippen molar-refractivity contribution in [3.05, 3.63) is 56.3 Å². The highest BCUT2D eigenvalue weighted by molar-refractivity contribution is 6.42. The number of nitrogens with two attached hydrogens (primary N) is 1. The van der Waals surface area contributed by atoms with Gasteiger partial charge in [-0.1, -0.05) is 35.3 Å². The lowest BCUT2D eigenvalue weighted by atomic mass is 9.80. The molecule has 0 saturated carbocycles. The van der Waals surface area contributed by atoms with Gasteiger partial charge in [-0.05, 0) is 18.6 Å². The minimum Gasteiger partial charge on any atom is -0.466 e. The van der Waals surface area contributed by atoms with E-state index in [1.165, 1.54) is 14.2 Å². The second kappa shape index (κ2) is 8.99. The van der Waals surface area contributed by atoms with E-state index in [-0.39, 0.29) is 33.5 Å². The van der Waals surface area contributed by atoms with Crippen LogP contribution in [0.1, 0.15) is 18.4 Å². The number of esters is 2. The Balaban J connectivity index is 2.78. The van der Waals surface area contributed by atoms with Crippen LogP contribution in [-0.4, -0.2) is 38.9 Å². The van der Waals surface area contributed by atoms with Gasteiger partial charge in [-0.2, -0.15) is 0 Å². The summed E-state index contributed by atoms with van der Waals surface area (Å²) < 4.78 is 14.6. The molecular formula is C18H18Cl2N2O6. The van der Waals surface area contributed by atoms with Crippen LogP contribution < -0.4 is 11.1 Å². The van der Waals surface area contributed by atoms with Crippen LogP contribution in [0.25, 0.3) is 0 Å². The van der Waals surface area contributed by atoms with E-state index in [9.17, 15) is 14.4 Å². The van der Waals surface area contributed by atoms with Crippen LogP contribution in [0.3, 0.4) is 0 Å². The van der Waals surface area contributed by atoms with Gasteiger partial charge in [0.25, 0.3) is 0 Å². The number of halogens is 2. The zero-order valence-corrected chi connectivity index (χ0v) is 16.8. The summed E-state index contributed by atoms with van der Waals surface area (Å²) in [6.45, 7) is 1.26. The number of methoxy groups -OCH3 is 2.